The van der Waals surface area contributed by atoms with Crippen LogP contribution in [-0.4, -0.2) is 27.6 Å². The number of thioether (sulfide) groups is 1. The fraction of sp³-hybridized carbons (Fsp3) is 0.556. The van der Waals surface area contributed by atoms with Gasteiger partial charge in [0.25, 0.3) is 5.56 Å². The zero-order valence-electron chi connectivity index (χ0n) is 9.53. The van der Waals surface area contributed by atoms with E-state index in [-0.39, 0.29) is 11.5 Å². The highest BCUT2D eigenvalue weighted by Crippen LogP contribution is 2.11. The van der Waals surface area contributed by atoms with Crippen LogP contribution in [0.25, 0.3) is 0 Å². The number of rotatable bonds is 4. The molecule has 0 fully saturated rings. The second-order valence-corrected chi connectivity index (χ2v) is 4.78. The van der Waals surface area contributed by atoms with Crippen molar-refractivity contribution in [1.82, 2.24) is 9.55 Å². The molecular formula is C9H16N4O2S. The number of hydrogen-bond acceptors (Lipinski definition) is 5. The Bertz CT molecular complexity index is 479. The highest BCUT2D eigenvalue weighted by molar-refractivity contribution is 7.99. The number of hydrogen-bond donors (Lipinski definition) is 3. The van der Waals surface area contributed by atoms with Crippen LogP contribution >= 0.6 is 11.8 Å². The molecule has 4 N–H and O–H groups in total. The Labute approximate surface area is 97.2 Å². The summed E-state index contributed by atoms with van der Waals surface area (Å²) >= 11 is 1.68. The smallest absolute Gasteiger partial charge is 0.329 e. The molecule has 90 valence electrons. The van der Waals surface area contributed by atoms with Crippen LogP contribution in [-0.2, 0) is 7.05 Å². The monoisotopic (exact) mass is 244 g/mol. The Balaban J connectivity index is 3.01. The normalized spacial score (nSPS) is 12.4. The van der Waals surface area contributed by atoms with Crippen LogP contribution in [0, 0.1) is 0 Å². The van der Waals surface area contributed by atoms with E-state index in [4.69, 9.17) is 5.73 Å². The average molecular weight is 244 g/mol. The van der Waals surface area contributed by atoms with Crippen LogP contribution in [0.4, 0.5) is 11.5 Å². The lowest BCUT2D eigenvalue weighted by Gasteiger charge is -2.13. The van der Waals surface area contributed by atoms with Gasteiger partial charge in [0.2, 0.25) is 0 Å². The number of nitrogen functional groups attached to an aromatic ring is 1. The Hall–Kier alpha value is -1.37. The summed E-state index contributed by atoms with van der Waals surface area (Å²) in [5.74, 6) is 0.155. The van der Waals surface area contributed by atoms with E-state index >= 15 is 0 Å². The van der Waals surface area contributed by atoms with Gasteiger partial charge < -0.3 is 11.1 Å². The summed E-state index contributed by atoms with van der Waals surface area (Å²) in [6.07, 6.45) is 1.99. The van der Waals surface area contributed by atoms with E-state index in [2.05, 4.69) is 10.3 Å². The maximum atomic E-state index is 11.5. The molecule has 0 aliphatic heterocycles. The summed E-state index contributed by atoms with van der Waals surface area (Å²) in [5.41, 5.74) is 4.95. The minimum absolute atomic E-state index is 0.155. The number of aromatic nitrogens is 2. The largest absolute Gasteiger partial charge is 0.383 e. The maximum Gasteiger partial charge on any atom is 0.329 e. The third-order valence-electron chi connectivity index (χ3n) is 2.34. The van der Waals surface area contributed by atoms with E-state index in [1.165, 1.54) is 11.6 Å². The zero-order chi connectivity index (χ0) is 12.3. The molecule has 0 bridgehead atoms. The molecule has 0 aliphatic rings. The second kappa shape index (κ2) is 5.11. The molecule has 1 aromatic rings. The summed E-state index contributed by atoms with van der Waals surface area (Å²) in [6.45, 7) is 2.65. The maximum absolute atomic E-state index is 11.5. The fourth-order valence-corrected chi connectivity index (χ4v) is 1.39. The Morgan fingerprint density at radius 3 is 2.75 bits per heavy atom. The van der Waals surface area contributed by atoms with Gasteiger partial charge in [0.1, 0.15) is 11.5 Å². The van der Waals surface area contributed by atoms with Crippen molar-refractivity contribution in [2.75, 3.05) is 23.9 Å². The molecule has 0 amide bonds. The summed E-state index contributed by atoms with van der Waals surface area (Å²) in [6, 6.07) is 0. The van der Waals surface area contributed by atoms with Crippen molar-refractivity contribution in [3.63, 3.8) is 0 Å². The van der Waals surface area contributed by atoms with Gasteiger partial charge in [0.15, 0.2) is 0 Å². The number of nitrogens with one attached hydrogen (secondary N) is 2. The van der Waals surface area contributed by atoms with Crippen molar-refractivity contribution < 1.29 is 0 Å². The molecular weight excluding hydrogens is 228 g/mol. The van der Waals surface area contributed by atoms with Gasteiger partial charge in [-0.05, 0) is 6.26 Å². The lowest BCUT2D eigenvalue weighted by Crippen LogP contribution is -2.33. The van der Waals surface area contributed by atoms with E-state index in [1.54, 1.807) is 11.8 Å². The molecule has 7 heteroatoms. The van der Waals surface area contributed by atoms with Crippen LogP contribution in [0.5, 0.6) is 0 Å². The van der Waals surface area contributed by atoms with Crippen molar-refractivity contribution in [2.45, 2.75) is 12.2 Å². The predicted molar refractivity (Wildman–Crippen MR) is 68.2 cm³/mol. The highest BCUT2D eigenvalue weighted by atomic mass is 32.2. The van der Waals surface area contributed by atoms with Gasteiger partial charge >= 0.3 is 5.69 Å². The van der Waals surface area contributed by atoms with Crippen LogP contribution in [0.2, 0.25) is 0 Å². The SMILES string of the molecule is CSC(C)CNc1c(N)n(C)c(=O)[nH]c1=O. The van der Waals surface area contributed by atoms with E-state index in [1.807, 2.05) is 13.2 Å². The van der Waals surface area contributed by atoms with Gasteiger partial charge in [-0.2, -0.15) is 11.8 Å². The average Bonchev–Trinajstić information content (AvgIpc) is 2.25. The van der Waals surface area contributed by atoms with Crippen LogP contribution in [0.3, 0.4) is 0 Å². The number of nitrogens with zero attached hydrogens (tertiary/aromatic N) is 1. The third kappa shape index (κ3) is 2.60. The topological polar surface area (TPSA) is 92.9 Å². The first kappa shape index (κ1) is 12.7. The Morgan fingerprint density at radius 2 is 2.19 bits per heavy atom. The van der Waals surface area contributed by atoms with Crippen molar-refractivity contribution in [3.8, 4) is 0 Å². The van der Waals surface area contributed by atoms with Gasteiger partial charge in [-0.15, -0.1) is 0 Å². The molecule has 0 saturated heterocycles. The summed E-state index contributed by atoms with van der Waals surface area (Å²) in [5, 5.41) is 3.31. The molecule has 1 atom stereocenters. The van der Waals surface area contributed by atoms with Gasteiger partial charge in [0.05, 0.1) is 0 Å². The molecule has 1 unspecified atom stereocenters. The summed E-state index contributed by atoms with van der Waals surface area (Å²) in [7, 11) is 1.51. The van der Waals surface area contributed by atoms with Gasteiger partial charge in [-0.3, -0.25) is 14.3 Å². The molecule has 0 aliphatic carbocycles. The first-order valence-electron chi connectivity index (χ1n) is 4.82. The second-order valence-electron chi connectivity index (χ2n) is 3.51. The zero-order valence-corrected chi connectivity index (χ0v) is 10.4. The van der Waals surface area contributed by atoms with E-state index in [0.29, 0.717) is 11.8 Å². The summed E-state index contributed by atoms with van der Waals surface area (Å²) < 4.78 is 1.20. The van der Waals surface area contributed by atoms with Gasteiger partial charge in [-0.1, -0.05) is 6.92 Å². The van der Waals surface area contributed by atoms with Crippen molar-refractivity contribution in [1.29, 1.82) is 0 Å². The number of aromatic amines is 1. The molecule has 1 aromatic heterocycles. The third-order valence-corrected chi connectivity index (χ3v) is 3.31. The van der Waals surface area contributed by atoms with Crippen molar-refractivity contribution in [2.24, 2.45) is 7.05 Å². The Kier molecular flexibility index (Phi) is 4.05. The molecule has 1 heterocycles. The van der Waals surface area contributed by atoms with Gasteiger partial charge in [-0.25, -0.2) is 4.79 Å². The molecule has 0 saturated carbocycles. The molecule has 0 aromatic carbocycles. The minimum atomic E-state index is -0.508. The van der Waals surface area contributed by atoms with Crippen LogP contribution in [0.15, 0.2) is 9.59 Å². The first-order chi connectivity index (χ1) is 7.47. The van der Waals surface area contributed by atoms with E-state index in [9.17, 15) is 9.59 Å². The molecule has 16 heavy (non-hydrogen) atoms. The molecule has 0 spiro atoms. The number of nitrogens with two attached hydrogens (primary N) is 1. The quantitative estimate of drug-likeness (QED) is 0.683. The Morgan fingerprint density at radius 1 is 1.56 bits per heavy atom. The molecule has 1 rings (SSSR count). The summed E-state index contributed by atoms with van der Waals surface area (Å²) in [4.78, 5) is 24.9. The van der Waals surface area contributed by atoms with Crippen molar-refractivity contribution >= 4 is 23.3 Å². The minimum Gasteiger partial charge on any atom is -0.383 e. The molecule has 0 radical (unpaired) electrons. The lowest BCUT2D eigenvalue weighted by molar-refractivity contribution is 0.811. The van der Waals surface area contributed by atoms with E-state index < -0.39 is 11.2 Å². The predicted octanol–water partition coefficient (Wildman–Crippen LogP) is -0.181. The van der Waals surface area contributed by atoms with E-state index in [0.717, 1.165) is 0 Å². The lowest BCUT2D eigenvalue weighted by atomic mass is 10.4. The highest BCUT2D eigenvalue weighted by Gasteiger charge is 2.10. The van der Waals surface area contributed by atoms with Crippen LogP contribution < -0.4 is 22.3 Å². The van der Waals surface area contributed by atoms with Crippen molar-refractivity contribution in [3.05, 3.63) is 20.8 Å². The standard InChI is InChI=1S/C9H16N4O2S/c1-5(16-3)4-11-6-7(10)13(2)9(15)12-8(6)14/h5,11H,4,10H2,1-3H3,(H,12,14,15). The number of H-pyrrole nitrogens is 1. The fourth-order valence-electron chi connectivity index (χ4n) is 1.14. The van der Waals surface area contributed by atoms with Crippen LogP contribution in [0.1, 0.15) is 6.92 Å². The molecule has 6 nitrogen and oxygen atoms in total. The number of anilines is 2. The first-order valence-corrected chi connectivity index (χ1v) is 6.11. The van der Waals surface area contributed by atoms with Gasteiger partial charge in [0, 0.05) is 18.8 Å².